The second kappa shape index (κ2) is 11.0. The molecule has 2 rings (SSSR count). The molecule has 0 saturated heterocycles. The van der Waals surface area contributed by atoms with Gasteiger partial charge in [0.2, 0.25) is 6.29 Å². The first-order valence-corrected chi connectivity index (χ1v) is 10.0. The molecule has 1 aromatic heterocycles. The quantitative estimate of drug-likeness (QED) is 0.218. The van der Waals surface area contributed by atoms with Gasteiger partial charge in [-0.15, -0.1) is 11.3 Å². The minimum Gasteiger partial charge on any atom is -0.462 e. The Morgan fingerprint density at radius 1 is 1.13 bits per heavy atom. The number of aliphatic hydroxyl groups excluding tert-OH is 5. The highest BCUT2D eigenvalue weighted by atomic mass is 32.1. The third-order valence-electron chi connectivity index (χ3n) is 4.30. The van der Waals surface area contributed by atoms with Crippen LogP contribution in [-0.4, -0.2) is 75.7 Å². The number of carbonyl (C=O) groups is 2. The number of urea groups is 1. The maximum absolute atomic E-state index is 12.0. The molecule has 0 spiro atoms. The van der Waals surface area contributed by atoms with Crippen LogP contribution < -0.4 is 21.1 Å². The van der Waals surface area contributed by atoms with Crippen molar-refractivity contribution in [2.24, 2.45) is 5.73 Å². The summed E-state index contributed by atoms with van der Waals surface area (Å²) in [6.07, 6.45) is -6.97. The van der Waals surface area contributed by atoms with Crippen LogP contribution in [0.15, 0.2) is 30.3 Å². The van der Waals surface area contributed by atoms with Crippen LogP contribution in [0.25, 0.3) is 10.4 Å². The summed E-state index contributed by atoms with van der Waals surface area (Å²) in [6.45, 7) is -0.398. The average Bonchev–Trinajstić information content (AvgIpc) is 3.15. The minimum absolute atomic E-state index is 0.165. The Bertz CT molecular complexity index is 889. The number of amides is 3. The molecule has 9 N–H and O–H groups in total. The maximum Gasteiger partial charge on any atom is 0.317 e. The monoisotopic (exact) mass is 455 g/mol. The summed E-state index contributed by atoms with van der Waals surface area (Å²) < 4.78 is 5.19. The number of hydrogen-bond donors (Lipinski definition) is 8. The van der Waals surface area contributed by atoms with Crippen LogP contribution in [0.2, 0.25) is 0 Å². The van der Waals surface area contributed by atoms with Gasteiger partial charge in [0.05, 0.1) is 11.7 Å². The molecule has 12 heteroatoms. The zero-order valence-corrected chi connectivity index (χ0v) is 17.4. The van der Waals surface area contributed by atoms with Crippen LogP contribution >= 0.6 is 11.3 Å². The van der Waals surface area contributed by atoms with E-state index in [1.54, 1.807) is 18.2 Å². The molecule has 31 heavy (non-hydrogen) atoms. The van der Waals surface area contributed by atoms with Gasteiger partial charge < -0.3 is 41.3 Å². The van der Waals surface area contributed by atoms with E-state index in [1.807, 2.05) is 0 Å². The minimum atomic E-state index is -1.83. The van der Waals surface area contributed by atoms with Gasteiger partial charge in [0, 0.05) is 18.5 Å². The largest absolute Gasteiger partial charge is 0.462 e. The third kappa shape index (κ3) is 6.37. The van der Waals surface area contributed by atoms with Crippen molar-refractivity contribution in [1.29, 1.82) is 0 Å². The van der Waals surface area contributed by atoms with Crippen molar-refractivity contribution < 1.29 is 39.9 Å². The second-order valence-electron chi connectivity index (χ2n) is 6.52. The van der Waals surface area contributed by atoms with E-state index >= 15 is 0 Å². The number of carbonyl (C=O) groups excluding carboxylic acids is 2. The predicted octanol–water partition coefficient (Wildman–Crippen LogP) is -0.572. The number of rotatable bonds is 10. The van der Waals surface area contributed by atoms with E-state index in [1.165, 1.54) is 19.2 Å². The standard InChI is InChI=1S/C19H25N3O8S/c1-21-16(27)11-8-13(31-17(11)22-19(20)29)9-2-4-10(5-3-9)30-18(28)15(26)14(25)12(24)6-7-23/h2-5,8,12,14-15,18,23-26,28H,6-7H2,1H3,(H,21,27)(H3,20,22,29). The molecule has 3 amide bonds. The Labute approximate surface area is 181 Å². The molecule has 4 atom stereocenters. The summed E-state index contributed by atoms with van der Waals surface area (Å²) in [5, 5.41) is 53.2. The van der Waals surface area contributed by atoms with Crippen LogP contribution in [0, 0.1) is 0 Å². The Hall–Kier alpha value is -2.74. The van der Waals surface area contributed by atoms with Gasteiger partial charge in [-0.05, 0) is 42.3 Å². The number of aliphatic hydroxyl groups is 5. The topological polar surface area (TPSA) is 195 Å². The first kappa shape index (κ1) is 24.5. The molecule has 0 aliphatic heterocycles. The fourth-order valence-electron chi connectivity index (χ4n) is 2.65. The lowest BCUT2D eigenvalue weighted by atomic mass is 10.1. The number of hydrogen-bond acceptors (Lipinski definition) is 9. The summed E-state index contributed by atoms with van der Waals surface area (Å²) in [4.78, 5) is 23.9. The average molecular weight is 455 g/mol. The number of ether oxygens (including phenoxy) is 1. The highest BCUT2D eigenvalue weighted by molar-refractivity contribution is 7.20. The van der Waals surface area contributed by atoms with Crippen LogP contribution in [0.3, 0.4) is 0 Å². The lowest BCUT2D eigenvalue weighted by Crippen LogP contribution is -2.46. The lowest BCUT2D eigenvalue weighted by Gasteiger charge is -2.26. The van der Waals surface area contributed by atoms with E-state index in [2.05, 4.69) is 10.6 Å². The molecule has 0 aliphatic rings. The normalized spacial score (nSPS) is 14.9. The molecule has 4 unspecified atom stereocenters. The van der Waals surface area contributed by atoms with Gasteiger partial charge in [0.1, 0.15) is 23.0 Å². The molecule has 1 aromatic carbocycles. The van der Waals surface area contributed by atoms with Crippen molar-refractivity contribution in [3.05, 3.63) is 35.9 Å². The smallest absolute Gasteiger partial charge is 0.317 e. The summed E-state index contributed by atoms with van der Waals surface area (Å²) in [5.41, 5.74) is 6.07. The summed E-state index contributed by atoms with van der Waals surface area (Å²) in [5.74, 6) is -0.233. The van der Waals surface area contributed by atoms with Crippen LogP contribution in [0.4, 0.5) is 9.80 Å². The zero-order chi connectivity index (χ0) is 23.1. The predicted molar refractivity (Wildman–Crippen MR) is 113 cm³/mol. The molecule has 1 heterocycles. The van der Waals surface area contributed by atoms with Gasteiger partial charge in [0.15, 0.2) is 0 Å². The number of thiophene rings is 1. The number of nitrogens with one attached hydrogen (secondary N) is 2. The summed E-state index contributed by atoms with van der Waals surface area (Å²) in [6, 6.07) is 7.01. The molecule has 0 radical (unpaired) electrons. The number of nitrogens with two attached hydrogens (primary N) is 1. The van der Waals surface area contributed by atoms with Crippen molar-refractivity contribution in [1.82, 2.24) is 5.32 Å². The van der Waals surface area contributed by atoms with E-state index in [9.17, 15) is 30.0 Å². The van der Waals surface area contributed by atoms with Gasteiger partial charge >= 0.3 is 6.03 Å². The van der Waals surface area contributed by atoms with E-state index in [0.717, 1.165) is 11.3 Å². The van der Waals surface area contributed by atoms with Gasteiger partial charge in [-0.25, -0.2) is 4.79 Å². The third-order valence-corrected chi connectivity index (χ3v) is 5.40. The fraction of sp³-hybridized carbons (Fsp3) is 0.368. The SMILES string of the molecule is CNC(=O)c1cc(-c2ccc(OC(O)C(O)C(O)C(O)CCO)cc2)sc1NC(N)=O. The van der Waals surface area contributed by atoms with Crippen molar-refractivity contribution >= 4 is 28.3 Å². The van der Waals surface area contributed by atoms with E-state index in [-0.39, 0.29) is 22.7 Å². The van der Waals surface area contributed by atoms with Crippen LogP contribution in [-0.2, 0) is 0 Å². The van der Waals surface area contributed by atoms with E-state index in [4.69, 9.17) is 15.6 Å². The van der Waals surface area contributed by atoms with E-state index < -0.39 is 43.1 Å². The molecule has 0 fully saturated rings. The van der Waals surface area contributed by atoms with Gasteiger partial charge in [-0.1, -0.05) is 0 Å². The zero-order valence-electron chi connectivity index (χ0n) is 16.6. The summed E-state index contributed by atoms with van der Waals surface area (Å²) >= 11 is 1.14. The van der Waals surface area contributed by atoms with Crippen LogP contribution in [0.1, 0.15) is 16.8 Å². The highest BCUT2D eigenvalue weighted by Crippen LogP contribution is 2.36. The van der Waals surface area contributed by atoms with Crippen molar-refractivity contribution in [2.75, 3.05) is 19.0 Å². The molecule has 11 nitrogen and oxygen atoms in total. The maximum atomic E-state index is 12.0. The van der Waals surface area contributed by atoms with Gasteiger partial charge in [-0.2, -0.15) is 0 Å². The Kier molecular flexibility index (Phi) is 8.74. The van der Waals surface area contributed by atoms with Crippen LogP contribution in [0.5, 0.6) is 5.75 Å². The van der Waals surface area contributed by atoms with Gasteiger partial charge in [0.25, 0.3) is 5.91 Å². The molecule has 170 valence electrons. The first-order valence-electron chi connectivity index (χ1n) is 9.20. The Balaban J connectivity index is 2.14. The second-order valence-corrected chi connectivity index (χ2v) is 7.57. The molecule has 2 aromatic rings. The van der Waals surface area contributed by atoms with Crippen molar-refractivity contribution in [2.45, 2.75) is 31.0 Å². The first-order chi connectivity index (χ1) is 14.7. The van der Waals surface area contributed by atoms with Gasteiger partial charge in [-0.3, -0.25) is 10.1 Å². The Morgan fingerprint density at radius 3 is 2.32 bits per heavy atom. The highest BCUT2D eigenvalue weighted by Gasteiger charge is 2.31. The molecule has 0 aliphatic carbocycles. The molecule has 0 bridgehead atoms. The molecular formula is C19H25N3O8S. The molecule has 0 saturated carbocycles. The lowest BCUT2D eigenvalue weighted by molar-refractivity contribution is -0.166. The fourth-order valence-corrected chi connectivity index (χ4v) is 3.71. The van der Waals surface area contributed by atoms with Crippen molar-refractivity contribution in [3.8, 4) is 16.2 Å². The Morgan fingerprint density at radius 2 is 1.77 bits per heavy atom. The molecular weight excluding hydrogens is 430 g/mol. The number of anilines is 1. The summed E-state index contributed by atoms with van der Waals surface area (Å²) in [7, 11) is 1.46. The number of benzene rings is 1. The number of primary amides is 1. The van der Waals surface area contributed by atoms with Crippen molar-refractivity contribution in [3.63, 3.8) is 0 Å². The van der Waals surface area contributed by atoms with E-state index in [0.29, 0.717) is 10.4 Å².